The van der Waals surface area contributed by atoms with Crippen molar-refractivity contribution in [3.8, 4) is 5.88 Å². The topological polar surface area (TPSA) is 49.2 Å². The van der Waals surface area contributed by atoms with E-state index in [4.69, 9.17) is 14.6 Å². The first kappa shape index (κ1) is 22.5. The van der Waals surface area contributed by atoms with Crippen molar-refractivity contribution < 1.29 is 9.47 Å². The minimum absolute atomic E-state index is 0.0988. The number of hydrogen-bond acceptors (Lipinski definition) is 4. The van der Waals surface area contributed by atoms with Gasteiger partial charge in [-0.1, -0.05) is 91.0 Å². The summed E-state index contributed by atoms with van der Waals surface area (Å²) in [7, 11) is 0. The fraction of sp³-hybridized carbons (Fsp3) is 0.226. The molecule has 1 fully saturated rings. The zero-order valence-electron chi connectivity index (χ0n) is 20.4. The third-order valence-corrected chi connectivity index (χ3v) is 7.07. The lowest BCUT2D eigenvalue weighted by Gasteiger charge is -2.37. The molecular formula is C31H29N3O2. The van der Waals surface area contributed by atoms with Crippen LogP contribution in [0.5, 0.6) is 5.88 Å². The highest BCUT2D eigenvalue weighted by Crippen LogP contribution is 2.43. The van der Waals surface area contributed by atoms with Gasteiger partial charge in [0.15, 0.2) is 0 Å². The van der Waals surface area contributed by atoms with Crippen molar-refractivity contribution in [3.63, 3.8) is 0 Å². The van der Waals surface area contributed by atoms with Crippen LogP contribution < -0.4 is 4.74 Å². The zero-order chi connectivity index (χ0) is 24.4. The summed E-state index contributed by atoms with van der Waals surface area (Å²) in [5.74, 6) is 0.645. The number of rotatable bonds is 6. The van der Waals surface area contributed by atoms with E-state index in [1.807, 2.05) is 13.1 Å². The van der Waals surface area contributed by atoms with E-state index in [-0.39, 0.29) is 6.10 Å². The molecule has 0 aliphatic carbocycles. The standard InChI is InChI=1S/C31H29N3O2/c1-23-29-28(17-20-32-30(29)36-27-18-21-35-22-19-27)34(33-23)31(24-11-5-2-6-12-24,25-13-7-3-8-14-25)26-15-9-4-10-16-26/h2-17,20,27H,18-19,21-22H2,1H3. The Balaban J connectivity index is 1.65. The van der Waals surface area contributed by atoms with Crippen LogP contribution in [-0.2, 0) is 10.3 Å². The van der Waals surface area contributed by atoms with Crippen LogP contribution >= 0.6 is 0 Å². The van der Waals surface area contributed by atoms with Gasteiger partial charge in [-0.25, -0.2) is 9.67 Å². The predicted octanol–water partition coefficient (Wildman–Crippen LogP) is 6.14. The summed E-state index contributed by atoms with van der Waals surface area (Å²) in [6, 6.07) is 33.9. The van der Waals surface area contributed by atoms with Crippen LogP contribution in [-0.4, -0.2) is 34.1 Å². The molecule has 0 radical (unpaired) electrons. The molecular weight excluding hydrogens is 446 g/mol. The maximum absolute atomic E-state index is 6.45. The predicted molar refractivity (Wildman–Crippen MR) is 141 cm³/mol. The van der Waals surface area contributed by atoms with Gasteiger partial charge in [0.2, 0.25) is 5.88 Å². The maximum atomic E-state index is 6.45. The number of aryl methyl sites for hydroxylation is 1. The lowest BCUT2D eigenvalue weighted by atomic mass is 9.77. The molecule has 5 heteroatoms. The summed E-state index contributed by atoms with van der Waals surface area (Å²) in [5.41, 5.74) is 4.60. The van der Waals surface area contributed by atoms with Crippen molar-refractivity contribution in [2.75, 3.05) is 13.2 Å². The van der Waals surface area contributed by atoms with Crippen molar-refractivity contribution >= 4 is 10.9 Å². The van der Waals surface area contributed by atoms with Gasteiger partial charge in [0, 0.05) is 19.0 Å². The summed E-state index contributed by atoms with van der Waals surface area (Å²) >= 11 is 0. The monoisotopic (exact) mass is 475 g/mol. The molecule has 3 heterocycles. The van der Waals surface area contributed by atoms with Gasteiger partial charge in [0.05, 0.1) is 29.8 Å². The molecule has 6 rings (SSSR count). The van der Waals surface area contributed by atoms with Gasteiger partial charge in [-0.3, -0.25) is 0 Å². The van der Waals surface area contributed by atoms with Crippen molar-refractivity contribution in [1.29, 1.82) is 0 Å². The van der Waals surface area contributed by atoms with Crippen molar-refractivity contribution in [3.05, 3.63) is 126 Å². The number of benzene rings is 3. The Kier molecular flexibility index (Phi) is 5.99. The van der Waals surface area contributed by atoms with E-state index in [0.717, 1.165) is 59.3 Å². The van der Waals surface area contributed by atoms with E-state index in [0.29, 0.717) is 5.88 Å². The smallest absolute Gasteiger partial charge is 0.225 e. The quantitative estimate of drug-likeness (QED) is 0.277. The van der Waals surface area contributed by atoms with Crippen molar-refractivity contribution in [2.45, 2.75) is 31.4 Å². The van der Waals surface area contributed by atoms with Crippen LogP contribution in [0.3, 0.4) is 0 Å². The Bertz CT molecular complexity index is 1350. The number of aromatic nitrogens is 3. The Morgan fingerprint density at radius 2 is 1.31 bits per heavy atom. The van der Waals surface area contributed by atoms with Crippen LogP contribution in [0.4, 0.5) is 0 Å². The molecule has 180 valence electrons. The lowest BCUT2D eigenvalue weighted by Crippen LogP contribution is -2.38. The van der Waals surface area contributed by atoms with Crippen LogP contribution in [0.1, 0.15) is 35.2 Å². The third kappa shape index (κ3) is 3.76. The third-order valence-electron chi connectivity index (χ3n) is 7.07. The molecule has 2 aromatic heterocycles. The van der Waals surface area contributed by atoms with Gasteiger partial charge in [0.25, 0.3) is 0 Å². The normalized spacial score (nSPS) is 14.7. The summed E-state index contributed by atoms with van der Waals surface area (Å²) in [4.78, 5) is 4.66. The Hall–Kier alpha value is -3.96. The molecule has 0 unspecified atom stereocenters. The van der Waals surface area contributed by atoms with Crippen molar-refractivity contribution in [1.82, 2.24) is 14.8 Å². The number of ether oxygens (including phenoxy) is 2. The number of hydrogen-bond donors (Lipinski definition) is 0. The molecule has 0 saturated carbocycles. The van der Waals surface area contributed by atoms with E-state index in [1.165, 1.54) is 0 Å². The van der Waals surface area contributed by atoms with Gasteiger partial charge in [-0.05, 0) is 29.7 Å². The van der Waals surface area contributed by atoms with Gasteiger partial charge in [-0.15, -0.1) is 0 Å². The highest BCUT2D eigenvalue weighted by atomic mass is 16.5. The van der Waals surface area contributed by atoms with Crippen LogP contribution in [0.25, 0.3) is 10.9 Å². The van der Waals surface area contributed by atoms with E-state index >= 15 is 0 Å². The molecule has 1 aliphatic heterocycles. The molecule has 0 bridgehead atoms. The maximum Gasteiger partial charge on any atom is 0.225 e. The fourth-order valence-corrected chi connectivity index (χ4v) is 5.41. The first-order valence-electron chi connectivity index (χ1n) is 12.5. The Labute approximate surface area is 211 Å². The molecule has 0 amide bonds. The zero-order valence-corrected chi connectivity index (χ0v) is 20.4. The minimum atomic E-state index is -0.687. The molecule has 1 aliphatic rings. The highest BCUT2D eigenvalue weighted by molar-refractivity contribution is 5.87. The van der Waals surface area contributed by atoms with E-state index in [9.17, 15) is 0 Å². The largest absolute Gasteiger partial charge is 0.474 e. The van der Waals surface area contributed by atoms with Gasteiger partial charge in [0.1, 0.15) is 11.6 Å². The first-order valence-corrected chi connectivity index (χ1v) is 12.5. The van der Waals surface area contributed by atoms with Gasteiger partial charge < -0.3 is 9.47 Å². The number of pyridine rings is 1. The number of nitrogens with zero attached hydrogens (tertiary/aromatic N) is 3. The highest BCUT2D eigenvalue weighted by Gasteiger charge is 2.41. The van der Waals surface area contributed by atoms with Crippen LogP contribution in [0, 0.1) is 6.92 Å². The SMILES string of the molecule is Cc1nn(C(c2ccccc2)(c2ccccc2)c2ccccc2)c2ccnc(OC3CCOCC3)c12. The van der Waals surface area contributed by atoms with E-state index in [2.05, 4.69) is 107 Å². The number of fused-ring (bicyclic) bond motifs is 1. The molecule has 3 aromatic carbocycles. The Morgan fingerprint density at radius 1 is 0.778 bits per heavy atom. The van der Waals surface area contributed by atoms with E-state index in [1.54, 1.807) is 0 Å². The van der Waals surface area contributed by atoms with Gasteiger partial charge >= 0.3 is 0 Å². The summed E-state index contributed by atoms with van der Waals surface area (Å²) in [5, 5.41) is 6.17. The fourth-order valence-electron chi connectivity index (χ4n) is 5.41. The molecule has 0 spiro atoms. The van der Waals surface area contributed by atoms with Crippen LogP contribution in [0.15, 0.2) is 103 Å². The first-order chi connectivity index (χ1) is 17.8. The molecule has 1 saturated heterocycles. The average Bonchev–Trinajstić information content (AvgIpc) is 3.29. The van der Waals surface area contributed by atoms with Crippen molar-refractivity contribution in [2.24, 2.45) is 0 Å². The molecule has 5 aromatic rings. The molecule has 0 N–H and O–H groups in total. The minimum Gasteiger partial charge on any atom is -0.474 e. The summed E-state index contributed by atoms with van der Waals surface area (Å²) in [6.07, 6.45) is 3.67. The Morgan fingerprint density at radius 3 is 1.83 bits per heavy atom. The second-order valence-corrected chi connectivity index (χ2v) is 9.25. The molecule has 0 atom stereocenters. The second kappa shape index (κ2) is 9.59. The summed E-state index contributed by atoms with van der Waals surface area (Å²) in [6.45, 7) is 3.49. The van der Waals surface area contributed by atoms with Crippen LogP contribution in [0.2, 0.25) is 0 Å². The summed E-state index contributed by atoms with van der Waals surface area (Å²) < 4.78 is 14.1. The lowest BCUT2D eigenvalue weighted by molar-refractivity contribution is 0.0244. The second-order valence-electron chi connectivity index (χ2n) is 9.25. The molecule has 36 heavy (non-hydrogen) atoms. The average molecular weight is 476 g/mol. The molecule has 5 nitrogen and oxygen atoms in total. The van der Waals surface area contributed by atoms with Gasteiger partial charge in [-0.2, -0.15) is 5.10 Å². The van der Waals surface area contributed by atoms with E-state index < -0.39 is 5.54 Å².